The van der Waals surface area contributed by atoms with Gasteiger partial charge in [-0.25, -0.2) is 4.68 Å². The molecular weight excluding hydrogens is 382 g/mol. The van der Waals surface area contributed by atoms with Crippen molar-refractivity contribution < 1.29 is 4.79 Å². The summed E-state index contributed by atoms with van der Waals surface area (Å²) >= 11 is 1.61. The summed E-state index contributed by atoms with van der Waals surface area (Å²) in [6.45, 7) is 0. The number of carbonyl (C=O) groups is 1. The van der Waals surface area contributed by atoms with Crippen LogP contribution in [0.5, 0.6) is 0 Å². The van der Waals surface area contributed by atoms with Crippen molar-refractivity contribution in [2.24, 2.45) is 0 Å². The van der Waals surface area contributed by atoms with Gasteiger partial charge in [0.2, 0.25) is 0 Å². The number of carbonyl (C=O) groups excluding carboxylic acids is 1. The summed E-state index contributed by atoms with van der Waals surface area (Å²) in [5.41, 5.74) is 4.01. The van der Waals surface area contributed by atoms with Crippen LogP contribution in [-0.2, 0) is 0 Å². The van der Waals surface area contributed by atoms with Gasteiger partial charge in [0.15, 0.2) is 0 Å². The Hall–Kier alpha value is -3.84. The van der Waals surface area contributed by atoms with Crippen LogP contribution in [0, 0.1) is 0 Å². The molecule has 2 aromatic carbocycles. The number of rotatable bonds is 4. The van der Waals surface area contributed by atoms with Gasteiger partial charge in [0, 0.05) is 17.8 Å². The minimum Gasteiger partial charge on any atom is -0.267 e. The summed E-state index contributed by atoms with van der Waals surface area (Å²) in [5.74, 6) is -0.261. The molecule has 0 bridgehead atoms. The maximum atomic E-state index is 12.7. The van der Waals surface area contributed by atoms with Gasteiger partial charge < -0.3 is 0 Å². The van der Waals surface area contributed by atoms with E-state index in [1.165, 1.54) is 10.8 Å². The Labute approximate surface area is 170 Å². The number of benzene rings is 2. The Kier molecular flexibility index (Phi) is 4.34. The molecular formula is C22H15N5OS. The molecule has 0 aliphatic carbocycles. The quantitative estimate of drug-likeness (QED) is 0.412. The number of fused-ring (bicyclic) bond motifs is 1. The van der Waals surface area contributed by atoms with Gasteiger partial charge in [-0.05, 0) is 41.8 Å². The first kappa shape index (κ1) is 17.3. The molecule has 0 amide bonds. The molecule has 0 saturated carbocycles. The third-order valence-electron chi connectivity index (χ3n) is 4.48. The molecule has 0 spiro atoms. The summed E-state index contributed by atoms with van der Waals surface area (Å²) in [6.07, 6.45) is 5.21. The van der Waals surface area contributed by atoms with E-state index in [2.05, 4.69) is 10.3 Å². The van der Waals surface area contributed by atoms with Crippen molar-refractivity contribution in [1.82, 2.24) is 24.8 Å². The summed E-state index contributed by atoms with van der Waals surface area (Å²) < 4.78 is 3.13. The summed E-state index contributed by atoms with van der Waals surface area (Å²) in [7, 11) is 0. The van der Waals surface area contributed by atoms with Gasteiger partial charge in [0.1, 0.15) is 11.2 Å². The van der Waals surface area contributed by atoms with Crippen molar-refractivity contribution in [3.8, 4) is 16.3 Å². The van der Waals surface area contributed by atoms with Gasteiger partial charge in [-0.1, -0.05) is 41.6 Å². The van der Waals surface area contributed by atoms with E-state index in [1.54, 1.807) is 17.4 Å². The predicted molar refractivity (Wildman–Crippen MR) is 114 cm³/mol. The van der Waals surface area contributed by atoms with Crippen molar-refractivity contribution >= 4 is 34.4 Å². The molecule has 3 heterocycles. The highest BCUT2D eigenvalue weighted by molar-refractivity contribution is 7.13. The molecule has 5 rings (SSSR count). The predicted octanol–water partition coefficient (Wildman–Crippen LogP) is 4.70. The Balaban J connectivity index is 1.53. The van der Waals surface area contributed by atoms with E-state index < -0.39 is 0 Å². The van der Waals surface area contributed by atoms with Gasteiger partial charge in [-0.3, -0.25) is 4.79 Å². The van der Waals surface area contributed by atoms with Gasteiger partial charge in [-0.2, -0.15) is 9.78 Å². The maximum Gasteiger partial charge on any atom is 0.272 e. The number of hydrogen-bond donors (Lipinski definition) is 0. The molecule has 29 heavy (non-hydrogen) atoms. The second-order valence-electron chi connectivity index (χ2n) is 6.35. The second-order valence-corrected chi connectivity index (χ2v) is 7.30. The van der Waals surface area contributed by atoms with Crippen molar-refractivity contribution in [1.29, 1.82) is 0 Å². The molecule has 0 unspecified atom stereocenters. The largest absolute Gasteiger partial charge is 0.272 e. The molecule has 6 nitrogen and oxygen atoms in total. The highest BCUT2D eigenvalue weighted by Gasteiger charge is 2.13. The molecule has 0 atom stereocenters. The summed E-state index contributed by atoms with van der Waals surface area (Å²) in [6, 6.07) is 21.3. The van der Waals surface area contributed by atoms with E-state index in [-0.39, 0.29) is 5.91 Å². The van der Waals surface area contributed by atoms with E-state index in [0.29, 0.717) is 11.0 Å². The fraction of sp³-hybridized carbons (Fsp3) is 0. The SMILES string of the molecule is O=C(/C=C\c1cn(-c2ccccc2)nc1-c1cccs1)n1nnc2ccccc21. The Morgan fingerprint density at radius 3 is 2.62 bits per heavy atom. The molecule has 0 saturated heterocycles. The third-order valence-corrected chi connectivity index (χ3v) is 5.36. The first-order valence-corrected chi connectivity index (χ1v) is 9.89. The molecule has 0 N–H and O–H groups in total. The lowest BCUT2D eigenvalue weighted by atomic mass is 10.2. The molecule has 3 aromatic heterocycles. The molecule has 0 aliphatic heterocycles. The van der Waals surface area contributed by atoms with Crippen LogP contribution in [0.4, 0.5) is 0 Å². The van der Waals surface area contributed by atoms with E-state index in [9.17, 15) is 4.79 Å². The van der Waals surface area contributed by atoms with Gasteiger partial charge >= 0.3 is 0 Å². The molecule has 5 aromatic rings. The van der Waals surface area contributed by atoms with Gasteiger partial charge in [0.25, 0.3) is 5.91 Å². The Bertz CT molecular complexity index is 1320. The van der Waals surface area contributed by atoms with Gasteiger partial charge in [-0.15, -0.1) is 16.4 Å². The van der Waals surface area contributed by atoms with Crippen LogP contribution in [0.15, 0.2) is 84.4 Å². The lowest BCUT2D eigenvalue weighted by molar-refractivity contribution is 0.0958. The fourth-order valence-electron chi connectivity index (χ4n) is 3.09. The van der Waals surface area contributed by atoms with E-state index in [1.807, 2.05) is 83.0 Å². The van der Waals surface area contributed by atoms with E-state index in [0.717, 1.165) is 21.8 Å². The summed E-state index contributed by atoms with van der Waals surface area (Å²) in [4.78, 5) is 13.8. The van der Waals surface area contributed by atoms with Crippen molar-refractivity contribution in [2.45, 2.75) is 0 Å². The highest BCUT2D eigenvalue weighted by Crippen LogP contribution is 2.28. The number of aromatic nitrogens is 5. The van der Waals surface area contributed by atoms with Crippen LogP contribution in [0.3, 0.4) is 0 Å². The van der Waals surface area contributed by atoms with Crippen molar-refractivity contribution in [3.63, 3.8) is 0 Å². The average Bonchev–Trinajstić information content (AvgIpc) is 3.51. The lowest BCUT2D eigenvalue weighted by Gasteiger charge is -1.99. The number of thiophene rings is 1. The monoisotopic (exact) mass is 397 g/mol. The van der Waals surface area contributed by atoms with Crippen LogP contribution in [0.2, 0.25) is 0 Å². The number of para-hydroxylation sites is 2. The molecule has 140 valence electrons. The number of allylic oxidation sites excluding steroid dienone is 1. The van der Waals surface area contributed by atoms with Crippen LogP contribution in [0.25, 0.3) is 33.4 Å². The maximum absolute atomic E-state index is 12.7. The first-order valence-electron chi connectivity index (χ1n) is 9.01. The number of hydrogen-bond acceptors (Lipinski definition) is 5. The smallest absolute Gasteiger partial charge is 0.267 e. The average molecular weight is 397 g/mol. The van der Waals surface area contributed by atoms with Crippen LogP contribution in [-0.4, -0.2) is 30.7 Å². The molecule has 0 aliphatic rings. The molecule has 0 radical (unpaired) electrons. The van der Waals surface area contributed by atoms with Crippen molar-refractivity contribution in [3.05, 3.63) is 89.9 Å². The topological polar surface area (TPSA) is 65.6 Å². The third kappa shape index (κ3) is 3.28. The Morgan fingerprint density at radius 2 is 1.79 bits per heavy atom. The zero-order valence-electron chi connectivity index (χ0n) is 15.2. The van der Waals surface area contributed by atoms with Gasteiger partial charge in [0.05, 0.1) is 16.1 Å². The first-order chi connectivity index (χ1) is 14.3. The minimum atomic E-state index is -0.261. The lowest BCUT2D eigenvalue weighted by Crippen LogP contribution is -2.08. The minimum absolute atomic E-state index is 0.261. The number of nitrogens with zero attached hydrogens (tertiary/aromatic N) is 5. The summed E-state index contributed by atoms with van der Waals surface area (Å²) in [5, 5.41) is 14.8. The van der Waals surface area contributed by atoms with Crippen LogP contribution in [0.1, 0.15) is 10.4 Å². The zero-order valence-corrected chi connectivity index (χ0v) is 16.0. The van der Waals surface area contributed by atoms with Crippen LogP contribution < -0.4 is 0 Å². The normalized spacial score (nSPS) is 11.4. The van der Waals surface area contributed by atoms with Crippen molar-refractivity contribution in [2.75, 3.05) is 0 Å². The Morgan fingerprint density at radius 1 is 0.966 bits per heavy atom. The van der Waals surface area contributed by atoms with E-state index >= 15 is 0 Å². The standard InChI is InChI=1S/C22H15N5OS/c28-21(27-19-10-5-4-9-18(19)23-25-27)13-12-16-15-26(17-7-2-1-3-8-17)24-22(16)20-11-6-14-29-20/h1-15H/b13-12-. The highest BCUT2D eigenvalue weighted by atomic mass is 32.1. The van der Waals surface area contributed by atoms with Crippen LogP contribution >= 0.6 is 11.3 Å². The zero-order chi connectivity index (χ0) is 19.6. The fourth-order valence-corrected chi connectivity index (χ4v) is 3.82. The van der Waals surface area contributed by atoms with E-state index in [4.69, 9.17) is 5.10 Å². The molecule has 7 heteroatoms. The molecule has 0 fully saturated rings. The second kappa shape index (κ2) is 7.29.